The highest BCUT2D eigenvalue weighted by molar-refractivity contribution is 5.85. The van der Waals surface area contributed by atoms with Gasteiger partial charge >= 0.3 is 0 Å². The number of hydrazone groups is 1. The van der Waals surface area contributed by atoms with E-state index in [4.69, 9.17) is 0 Å². The van der Waals surface area contributed by atoms with Crippen molar-refractivity contribution in [1.29, 1.82) is 0 Å². The summed E-state index contributed by atoms with van der Waals surface area (Å²) in [5, 5.41) is 12.1. The molecule has 0 unspecified atom stereocenters. The molecular formula is C18H20N6O. The number of para-hydroxylation sites is 1. The molecule has 7 heteroatoms. The Labute approximate surface area is 145 Å². The number of benzene rings is 2. The van der Waals surface area contributed by atoms with E-state index in [0.717, 1.165) is 22.3 Å². The minimum atomic E-state index is -0.513. The van der Waals surface area contributed by atoms with Gasteiger partial charge in [0.05, 0.1) is 11.7 Å². The average Bonchev–Trinajstić information content (AvgIpc) is 3.05. The van der Waals surface area contributed by atoms with Crippen LogP contribution in [0.3, 0.4) is 0 Å². The summed E-state index contributed by atoms with van der Waals surface area (Å²) < 4.78 is 1.59. The first-order valence-corrected chi connectivity index (χ1v) is 7.96. The van der Waals surface area contributed by atoms with Crippen LogP contribution in [-0.2, 0) is 4.79 Å². The van der Waals surface area contributed by atoms with E-state index in [-0.39, 0.29) is 5.91 Å². The lowest BCUT2D eigenvalue weighted by Crippen LogP contribution is -2.28. The van der Waals surface area contributed by atoms with E-state index in [1.165, 1.54) is 0 Å². The van der Waals surface area contributed by atoms with E-state index in [9.17, 15) is 4.79 Å². The number of amides is 1. The van der Waals surface area contributed by atoms with Gasteiger partial charge in [-0.3, -0.25) is 4.79 Å². The molecule has 128 valence electrons. The monoisotopic (exact) mass is 336 g/mol. The van der Waals surface area contributed by atoms with Gasteiger partial charge in [0.15, 0.2) is 0 Å². The van der Waals surface area contributed by atoms with Crippen molar-refractivity contribution in [2.24, 2.45) is 5.10 Å². The summed E-state index contributed by atoms with van der Waals surface area (Å²) in [6, 6.07) is 14.9. The number of nitrogens with zero attached hydrogens (tertiary/aromatic N) is 5. The zero-order valence-corrected chi connectivity index (χ0v) is 14.4. The lowest BCUT2D eigenvalue weighted by Gasteiger charge is -2.12. The molecule has 1 amide bonds. The third-order valence-electron chi connectivity index (χ3n) is 3.92. The van der Waals surface area contributed by atoms with Gasteiger partial charge in [-0.25, -0.2) is 10.1 Å². The summed E-state index contributed by atoms with van der Waals surface area (Å²) in [6.45, 7) is 1.76. The molecule has 7 nitrogen and oxygen atoms in total. The molecule has 0 aliphatic rings. The average molecular weight is 336 g/mol. The van der Waals surface area contributed by atoms with Crippen LogP contribution >= 0.6 is 0 Å². The number of rotatable bonds is 5. The van der Waals surface area contributed by atoms with Crippen molar-refractivity contribution >= 4 is 28.8 Å². The second kappa shape index (κ2) is 7.12. The van der Waals surface area contributed by atoms with Crippen LogP contribution in [0.5, 0.6) is 0 Å². The number of aromatic nitrogens is 3. The normalized spacial score (nSPS) is 12.4. The fourth-order valence-corrected chi connectivity index (χ4v) is 2.41. The third-order valence-corrected chi connectivity index (χ3v) is 3.92. The number of carbonyl (C=O) groups excluding carboxylic acids is 1. The third kappa shape index (κ3) is 3.65. The molecule has 25 heavy (non-hydrogen) atoms. The van der Waals surface area contributed by atoms with Gasteiger partial charge in [0.25, 0.3) is 5.91 Å². The van der Waals surface area contributed by atoms with Crippen LogP contribution < -0.4 is 10.3 Å². The number of hydrogen-bond donors (Lipinski definition) is 1. The maximum atomic E-state index is 12.3. The summed E-state index contributed by atoms with van der Waals surface area (Å²) in [7, 11) is 3.97. The molecule has 0 saturated carbocycles. The highest BCUT2D eigenvalue weighted by Gasteiger charge is 2.18. The Balaban J connectivity index is 1.65. The smallest absolute Gasteiger partial charge is 0.264 e. The first kappa shape index (κ1) is 16.6. The Kier molecular flexibility index (Phi) is 4.74. The maximum absolute atomic E-state index is 12.3. The molecule has 1 atom stereocenters. The fraction of sp³-hybridized carbons (Fsp3) is 0.222. The molecule has 1 heterocycles. The van der Waals surface area contributed by atoms with Crippen LogP contribution in [0.1, 0.15) is 18.5 Å². The van der Waals surface area contributed by atoms with Crippen molar-refractivity contribution in [3.05, 3.63) is 54.1 Å². The molecule has 0 radical (unpaired) electrons. The molecule has 0 spiro atoms. The highest BCUT2D eigenvalue weighted by Crippen LogP contribution is 2.15. The lowest BCUT2D eigenvalue weighted by atomic mass is 10.2. The van der Waals surface area contributed by atoms with Gasteiger partial charge in [-0.1, -0.05) is 29.5 Å². The van der Waals surface area contributed by atoms with Crippen molar-refractivity contribution in [3.63, 3.8) is 0 Å². The largest absolute Gasteiger partial charge is 0.378 e. The van der Waals surface area contributed by atoms with Gasteiger partial charge in [-0.2, -0.15) is 5.10 Å². The molecular weight excluding hydrogens is 316 g/mol. The number of fused-ring (bicyclic) bond motifs is 1. The SMILES string of the molecule is C[C@@H](C(=O)N/N=C\c1ccc(N(C)C)cc1)n1nnc2ccccc21. The molecule has 0 saturated heterocycles. The molecule has 1 aromatic heterocycles. The van der Waals surface area contributed by atoms with Crippen LogP contribution in [0, 0.1) is 0 Å². The standard InChI is InChI=1S/C18H20N6O/c1-13(24-17-7-5-4-6-16(17)20-22-24)18(25)21-19-12-14-8-10-15(11-9-14)23(2)3/h4-13H,1-3H3,(H,21,25)/b19-12-/t13-/m0/s1. The first-order chi connectivity index (χ1) is 12.1. The molecule has 0 bridgehead atoms. The van der Waals surface area contributed by atoms with E-state index in [2.05, 4.69) is 20.8 Å². The Bertz CT molecular complexity index is 897. The van der Waals surface area contributed by atoms with Crippen LogP contribution in [0.2, 0.25) is 0 Å². The van der Waals surface area contributed by atoms with Gasteiger partial charge in [-0.05, 0) is 36.8 Å². The zero-order valence-electron chi connectivity index (χ0n) is 14.4. The van der Waals surface area contributed by atoms with Gasteiger partial charge in [0.2, 0.25) is 0 Å². The number of nitrogens with one attached hydrogen (secondary N) is 1. The van der Waals surface area contributed by atoms with Crippen molar-refractivity contribution < 1.29 is 4.79 Å². The minimum Gasteiger partial charge on any atom is -0.378 e. The fourth-order valence-electron chi connectivity index (χ4n) is 2.41. The lowest BCUT2D eigenvalue weighted by molar-refractivity contribution is -0.124. The van der Waals surface area contributed by atoms with Crippen LogP contribution in [0.4, 0.5) is 5.69 Å². The van der Waals surface area contributed by atoms with E-state index < -0.39 is 6.04 Å². The maximum Gasteiger partial charge on any atom is 0.264 e. The van der Waals surface area contributed by atoms with Gasteiger partial charge < -0.3 is 4.90 Å². The van der Waals surface area contributed by atoms with Crippen LogP contribution in [0.15, 0.2) is 53.6 Å². The van der Waals surface area contributed by atoms with Crippen molar-refractivity contribution in [3.8, 4) is 0 Å². The summed E-state index contributed by atoms with van der Waals surface area (Å²) in [4.78, 5) is 14.3. The van der Waals surface area contributed by atoms with Crippen LogP contribution in [-0.4, -0.2) is 41.2 Å². The molecule has 0 aliphatic carbocycles. The van der Waals surface area contributed by atoms with Crippen LogP contribution in [0.25, 0.3) is 11.0 Å². The van der Waals surface area contributed by atoms with Gasteiger partial charge in [0, 0.05) is 19.8 Å². The van der Waals surface area contributed by atoms with Crippen molar-refractivity contribution in [2.75, 3.05) is 19.0 Å². The van der Waals surface area contributed by atoms with E-state index in [1.807, 2.05) is 67.5 Å². The minimum absolute atomic E-state index is 0.253. The summed E-state index contributed by atoms with van der Waals surface area (Å²) in [5.74, 6) is -0.253. The topological polar surface area (TPSA) is 75.4 Å². The predicted octanol–water partition coefficient (Wildman–Crippen LogP) is 2.21. The molecule has 3 aromatic rings. The Morgan fingerprint density at radius 2 is 1.92 bits per heavy atom. The Morgan fingerprint density at radius 3 is 2.64 bits per heavy atom. The highest BCUT2D eigenvalue weighted by atomic mass is 16.2. The quantitative estimate of drug-likeness (QED) is 0.572. The van der Waals surface area contributed by atoms with Crippen molar-refractivity contribution in [1.82, 2.24) is 20.4 Å². The van der Waals surface area contributed by atoms with Gasteiger partial charge in [-0.15, -0.1) is 5.10 Å². The second-order valence-corrected chi connectivity index (χ2v) is 5.92. The molecule has 1 N–H and O–H groups in total. The number of carbonyl (C=O) groups is 1. The molecule has 0 fully saturated rings. The molecule has 3 rings (SSSR count). The first-order valence-electron chi connectivity index (χ1n) is 7.96. The summed E-state index contributed by atoms with van der Waals surface area (Å²) >= 11 is 0. The Hall–Kier alpha value is -3.22. The van der Waals surface area contributed by atoms with E-state index in [0.29, 0.717) is 0 Å². The van der Waals surface area contributed by atoms with Gasteiger partial charge in [0.1, 0.15) is 11.6 Å². The van der Waals surface area contributed by atoms with Crippen molar-refractivity contribution in [2.45, 2.75) is 13.0 Å². The molecule has 2 aromatic carbocycles. The number of hydrogen-bond acceptors (Lipinski definition) is 5. The number of anilines is 1. The summed E-state index contributed by atoms with van der Waals surface area (Å²) in [5.41, 5.74) is 6.13. The van der Waals surface area contributed by atoms with E-state index in [1.54, 1.807) is 17.8 Å². The van der Waals surface area contributed by atoms with E-state index >= 15 is 0 Å². The second-order valence-electron chi connectivity index (χ2n) is 5.92. The zero-order chi connectivity index (χ0) is 17.8. The summed E-state index contributed by atoms with van der Waals surface area (Å²) in [6.07, 6.45) is 1.61. The Morgan fingerprint density at radius 1 is 1.20 bits per heavy atom. The predicted molar refractivity (Wildman–Crippen MR) is 98.7 cm³/mol. The molecule has 0 aliphatic heterocycles.